The minimum absolute atomic E-state index is 0.143. The first-order chi connectivity index (χ1) is 15.0. The number of hydrogen-bond acceptors (Lipinski definition) is 6. The number of nitrogens with one attached hydrogen (secondary N) is 1. The zero-order chi connectivity index (χ0) is 22.0. The van der Waals surface area contributed by atoms with Crippen LogP contribution in [0.2, 0.25) is 4.34 Å². The zero-order valence-electron chi connectivity index (χ0n) is 17.1. The Morgan fingerprint density at radius 2 is 2.13 bits per heavy atom. The van der Waals surface area contributed by atoms with Crippen LogP contribution in [0.3, 0.4) is 0 Å². The van der Waals surface area contributed by atoms with Crippen molar-refractivity contribution in [3.05, 3.63) is 63.9 Å². The Labute approximate surface area is 188 Å². The summed E-state index contributed by atoms with van der Waals surface area (Å²) >= 11 is 7.55. The molecule has 9 heteroatoms. The molecule has 4 rings (SSSR count). The summed E-state index contributed by atoms with van der Waals surface area (Å²) < 4.78 is 6.51. The van der Waals surface area contributed by atoms with Crippen LogP contribution in [0.1, 0.15) is 28.5 Å². The van der Waals surface area contributed by atoms with Crippen molar-refractivity contribution in [3.8, 4) is 16.2 Å². The van der Waals surface area contributed by atoms with Crippen LogP contribution in [0.25, 0.3) is 21.3 Å². The average molecular weight is 457 g/mol. The number of carbonyl (C=O) groups is 1. The van der Waals surface area contributed by atoms with Gasteiger partial charge in [0.05, 0.1) is 35.0 Å². The van der Waals surface area contributed by atoms with Crippen molar-refractivity contribution in [1.82, 2.24) is 20.1 Å². The summed E-state index contributed by atoms with van der Waals surface area (Å²) in [6.45, 7) is 2.56. The summed E-state index contributed by atoms with van der Waals surface area (Å²) in [6.07, 6.45) is 3.29. The van der Waals surface area contributed by atoms with E-state index in [1.54, 1.807) is 36.5 Å². The molecule has 0 aliphatic carbocycles. The van der Waals surface area contributed by atoms with Gasteiger partial charge in [-0.3, -0.25) is 14.9 Å². The largest absolute Gasteiger partial charge is 0.493 e. The molecule has 0 radical (unpaired) electrons. The first-order valence-electron chi connectivity index (χ1n) is 9.70. The fourth-order valence-electron chi connectivity index (χ4n) is 3.43. The highest BCUT2D eigenvalue weighted by atomic mass is 35.5. The number of aliphatic hydroxyl groups excluding tert-OH is 1. The van der Waals surface area contributed by atoms with Gasteiger partial charge in [-0.05, 0) is 37.3 Å². The number of hydrogen-bond donors (Lipinski definition) is 2. The molecular weight excluding hydrogens is 436 g/mol. The van der Waals surface area contributed by atoms with Crippen LogP contribution in [-0.2, 0) is 13.2 Å². The summed E-state index contributed by atoms with van der Waals surface area (Å²) in [4.78, 5) is 20.0. The topological polar surface area (TPSA) is 91.3 Å². The number of nitrogens with zero attached hydrogens (tertiary/aromatic N) is 3. The van der Waals surface area contributed by atoms with Crippen LogP contribution >= 0.6 is 22.9 Å². The molecule has 0 unspecified atom stereocenters. The van der Waals surface area contributed by atoms with Crippen molar-refractivity contribution >= 4 is 39.7 Å². The Hall–Kier alpha value is -2.94. The third-order valence-corrected chi connectivity index (χ3v) is 6.18. The SMILES string of the molecule is CCOc1cc(C(=O)N(C)Cc2cnc(CO)c3cn[nH]c23)ccc1-c1ccc(Cl)s1. The minimum Gasteiger partial charge on any atom is -0.493 e. The van der Waals surface area contributed by atoms with Crippen LogP contribution in [0.4, 0.5) is 0 Å². The average Bonchev–Trinajstić information content (AvgIpc) is 3.43. The Balaban J connectivity index is 1.60. The Morgan fingerprint density at radius 3 is 2.84 bits per heavy atom. The zero-order valence-corrected chi connectivity index (χ0v) is 18.6. The second-order valence-electron chi connectivity index (χ2n) is 6.96. The monoisotopic (exact) mass is 456 g/mol. The number of rotatable bonds is 7. The molecule has 1 aromatic carbocycles. The molecule has 0 spiro atoms. The number of aromatic nitrogens is 3. The molecule has 0 atom stereocenters. The second kappa shape index (κ2) is 9.05. The van der Waals surface area contributed by atoms with E-state index in [1.165, 1.54) is 11.3 Å². The number of fused-ring (bicyclic) bond motifs is 1. The van der Waals surface area contributed by atoms with Gasteiger partial charge in [-0.25, -0.2) is 0 Å². The fraction of sp³-hybridized carbons (Fsp3) is 0.227. The van der Waals surface area contributed by atoms with Crippen LogP contribution < -0.4 is 4.74 Å². The first kappa shape index (κ1) is 21.3. The maximum absolute atomic E-state index is 13.1. The number of benzene rings is 1. The number of H-pyrrole nitrogens is 1. The van der Waals surface area contributed by atoms with E-state index in [2.05, 4.69) is 15.2 Å². The highest BCUT2D eigenvalue weighted by Crippen LogP contribution is 2.37. The van der Waals surface area contributed by atoms with E-state index in [9.17, 15) is 9.90 Å². The Kier molecular flexibility index (Phi) is 6.22. The molecule has 2 N–H and O–H groups in total. The number of amides is 1. The number of ether oxygens (including phenoxy) is 1. The molecule has 1 amide bonds. The maximum atomic E-state index is 13.1. The van der Waals surface area contributed by atoms with Gasteiger partial charge in [-0.15, -0.1) is 11.3 Å². The highest BCUT2D eigenvalue weighted by Gasteiger charge is 2.18. The van der Waals surface area contributed by atoms with Crippen molar-refractivity contribution in [1.29, 1.82) is 0 Å². The van der Waals surface area contributed by atoms with Crippen molar-refractivity contribution in [3.63, 3.8) is 0 Å². The van der Waals surface area contributed by atoms with Gasteiger partial charge in [0.25, 0.3) is 5.91 Å². The number of thiophene rings is 1. The number of aromatic amines is 1. The van der Waals surface area contributed by atoms with Gasteiger partial charge in [0.2, 0.25) is 0 Å². The molecular formula is C22H21ClN4O3S. The van der Waals surface area contributed by atoms with Gasteiger partial charge >= 0.3 is 0 Å². The van der Waals surface area contributed by atoms with Crippen LogP contribution in [0.5, 0.6) is 5.75 Å². The molecule has 0 saturated heterocycles. The highest BCUT2D eigenvalue weighted by molar-refractivity contribution is 7.19. The molecule has 0 aliphatic rings. The van der Waals surface area contributed by atoms with Crippen molar-refractivity contribution < 1.29 is 14.6 Å². The van der Waals surface area contributed by atoms with Gasteiger partial charge in [-0.1, -0.05) is 11.6 Å². The lowest BCUT2D eigenvalue weighted by Gasteiger charge is -2.19. The standard InChI is InChI=1S/C22H21ClN4O3S/c1-3-30-18-8-13(4-5-15(18)19-6-7-20(23)31-19)22(29)27(2)11-14-9-24-17(12-28)16-10-25-26-21(14)16/h4-10,28H,3,11-12H2,1-2H3,(H,25,26). The van der Waals surface area contributed by atoms with E-state index in [-0.39, 0.29) is 12.5 Å². The molecule has 160 valence electrons. The molecule has 31 heavy (non-hydrogen) atoms. The molecule has 3 aromatic heterocycles. The Morgan fingerprint density at radius 1 is 1.29 bits per heavy atom. The quantitative estimate of drug-likeness (QED) is 0.427. The van der Waals surface area contributed by atoms with Crippen LogP contribution in [0.15, 0.2) is 42.7 Å². The summed E-state index contributed by atoms with van der Waals surface area (Å²) in [5.41, 5.74) is 3.56. The molecule has 0 aliphatic heterocycles. The third kappa shape index (κ3) is 4.27. The van der Waals surface area contributed by atoms with E-state index in [0.29, 0.717) is 34.5 Å². The van der Waals surface area contributed by atoms with Crippen LogP contribution in [0, 0.1) is 0 Å². The lowest BCUT2D eigenvalue weighted by Crippen LogP contribution is -2.26. The summed E-state index contributed by atoms with van der Waals surface area (Å²) in [6, 6.07) is 9.24. The number of aliphatic hydroxyl groups is 1. The lowest BCUT2D eigenvalue weighted by atomic mass is 10.1. The molecule has 4 aromatic rings. The van der Waals surface area contributed by atoms with Gasteiger partial charge < -0.3 is 14.7 Å². The fourth-order valence-corrected chi connectivity index (χ4v) is 4.50. The van der Waals surface area contributed by atoms with E-state index >= 15 is 0 Å². The van der Waals surface area contributed by atoms with Crippen LogP contribution in [-0.4, -0.2) is 44.7 Å². The summed E-state index contributed by atoms with van der Waals surface area (Å²) in [5.74, 6) is 0.501. The molecule has 3 heterocycles. The van der Waals surface area contributed by atoms with Crippen molar-refractivity contribution in [2.24, 2.45) is 0 Å². The predicted octanol–water partition coefficient (Wildman–Crippen LogP) is 4.50. The van der Waals surface area contributed by atoms with E-state index in [4.69, 9.17) is 16.3 Å². The minimum atomic E-state index is -0.174. The van der Waals surface area contributed by atoms with Gasteiger partial charge in [0.15, 0.2) is 0 Å². The molecule has 0 bridgehead atoms. The molecule has 0 fully saturated rings. The van der Waals surface area contributed by atoms with E-state index in [0.717, 1.165) is 26.9 Å². The second-order valence-corrected chi connectivity index (χ2v) is 8.67. The van der Waals surface area contributed by atoms with E-state index in [1.807, 2.05) is 25.1 Å². The number of halogens is 1. The smallest absolute Gasteiger partial charge is 0.254 e. The van der Waals surface area contributed by atoms with Gasteiger partial charge in [-0.2, -0.15) is 5.10 Å². The molecule has 0 saturated carbocycles. The Bertz CT molecular complexity index is 1240. The van der Waals surface area contributed by atoms with Crippen molar-refractivity contribution in [2.75, 3.05) is 13.7 Å². The number of pyridine rings is 1. The summed E-state index contributed by atoms with van der Waals surface area (Å²) in [5, 5.41) is 17.2. The third-order valence-electron chi connectivity index (χ3n) is 4.92. The predicted molar refractivity (Wildman–Crippen MR) is 122 cm³/mol. The normalized spacial score (nSPS) is 11.1. The summed E-state index contributed by atoms with van der Waals surface area (Å²) in [7, 11) is 1.73. The van der Waals surface area contributed by atoms with E-state index < -0.39 is 0 Å². The van der Waals surface area contributed by atoms with Gasteiger partial charge in [0.1, 0.15) is 5.75 Å². The van der Waals surface area contributed by atoms with Crippen molar-refractivity contribution in [2.45, 2.75) is 20.1 Å². The first-order valence-corrected chi connectivity index (χ1v) is 10.9. The number of carbonyl (C=O) groups excluding carboxylic acids is 1. The maximum Gasteiger partial charge on any atom is 0.254 e. The lowest BCUT2D eigenvalue weighted by molar-refractivity contribution is 0.0785. The molecule has 7 nitrogen and oxygen atoms in total. The van der Waals surface area contributed by atoms with Gasteiger partial charge in [0, 0.05) is 46.7 Å².